The first kappa shape index (κ1) is 22.8. The summed E-state index contributed by atoms with van der Waals surface area (Å²) in [6, 6.07) is 9.32. The van der Waals surface area contributed by atoms with E-state index < -0.39 is 0 Å². The minimum atomic E-state index is -0.371. The molecule has 2 radical (unpaired) electrons. The van der Waals surface area contributed by atoms with Gasteiger partial charge in [0.15, 0.2) is 0 Å². The summed E-state index contributed by atoms with van der Waals surface area (Å²) < 4.78 is 23.9. The van der Waals surface area contributed by atoms with E-state index in [-0.39, 0.29) is 61.9 Å². The molecule has 0 fully saturated rings. The molecule has 0 spiro atoms. The molecule has 19 heavy (non-hydrogen) atoms. The van der Waals surface area contributed by atoms with Crippen LogP contribution in [0, 0.1) is 11.6 Å². The van der Waals surface area contributed by atoms with E-state index in [1.807, 2.05) is 0 Å². The van der Waals surface area contributed by atoms with E-state index in [2.05, 4.69) is 0 Å². The van der Waals surface area contributed by atoms with E-state index >= 15 is 0 Å². The molecule has 0 atom stereocenters. The average molecular weight is 373 g/mol. The Morgan fingerprint density at radius 3 is 0.947 bits per heavy atom. The number of halogens is 2. The molecule has 0 saturated carbocycles. The summed E-state index contributed by atoms with van der Waals surface area (Å²) in [5.41, 5.74) is 0. The second kappa shape index (κ2) is 11.8. The maximum atomic E-state index is 11.9. The Kier molecular flexibility index (Phi) is 14.2. The van der Waals surface area contributed by atoms with E-state index in [0.29, 0.717) is 0 Å². The van der Waals surface area contributed by atoms with Crippen LogP contribution in [0.2, 0.25) is 0 Å². The fraction of sp³-hybridized carbons (Fsp3) is 0.143. The van der Waals surface area contributed by atoms with Crippen LogP contribution >= 0.6 is 0 Å². The summed E-state index contributed by atoms with van der Waals surface area (Å²) in [5, 5.41) is 20.5. The molecule has 0 aromatic heterocycles. The molecule has 0 aliphatic rings. The van der Waals surface area contributed by atoms with Crippen molar-refractivity contribution in [3.8, 4) is 11.5 Å². The van der Waals surface area contributed by atoms with Crippen LogP contribution in [0.15, 0.2) is 48.5 Å². The van der Waals surface area contributed by atoms with Crippen LogP contribution < -0.4 is 10.2 Å². The summed E-state index contributed by atoms with van der Waals surface area (Å²) >= 11 is 0. The summed E-state index contributed by atoms with van der Waals surface area (Å²) in [4.78, 5) is 0. The molecule has 0 N–H and O–H groups in total. The summed E-state index contributed by atoms with van der Waals surface area (Å²) in [5.74, 6) is -1.06. The van der Waals surface area contributed by atoms with Gasteiger partial charge in [-0.15, -0.1) is 11.5 Å². The maximum absolute atomic E-state index is 11.9. The Morgan fingerprint density at radius 1 is 0.579 bits per heavy atom. The van der Waals surface area contributed by atoms with Crippen LogP contribution in [0.5, 0.6) is 11.5 Å². The molecule has 2 aromatic carbocycles. The van der Waals surface area contributed by atoms with Gasteiger partial charge in [-0.3, -0.25) is 0 Å². The quantitative estimate of drug-likeness (QED) is 0.667. The van der Waals surface area contributed by atoms with Crippen molar-refractivity contribution in [2.24, 2.45) is 0 Å². The third-order valence-corrected chi connectivity index (χ3v) is 1.63. The first-order valence-electron chi connectivity index (χ1n) is 4.43. The molecule has 0 aliphatic heterocycles. The van der Waals surface area contributed by atoms with Crippen molar-refractivity contribution in [3.63, 3.8) is 0 Å². The van der Waals surface area contributed by atoms with Gasteiger partial charge in [0.05, 0.1) is 0 Å². The minimum Gasteiger partial charge on any atom is -0.872 e. The van der Waals surface area contributed by atoms with Crippen molar-refractivity contribution < 1.29 is 19.0 Å². The first-order chi connectivity index (χ1) is 7.58. The molecule has 5 heteroatoms. The number of benzene rings is 2. The van der Waals surface area contributed by atoms with Gasteiger partial charge in [-0.2, -0.15) is 0 Å². The number of hydrogen-bond acceptors (Lipinski definition) is 2. The van der Waals surface area contributed by atoms with Gasteiger partial charge in [0.1, 0.15) is 11.6 Å². The molecular formula is C14H16F2O2Sn. The third kappa shape index (κ3) is 10.3. The zero-order valence-electron chi connectivity index (χ0n) is 8.69. The van der Waals surface area contributed by atoms with Crippen molar-refractivity contribution in [1.29, 1.82) is 0 Å². The van der Waals surface area contributed by atoms with E-state index in [4.69, 9.17) is 0 Å². The van der Waals surface area contributed by atoms with E-state index in [1.54, 1.807) is 0 Å². The van der Waals surface area contributed by atoms with Crippen LogP contribution in [0.3, 0.4) is 0 Å². The average Bonchev–Trinajstić information content (AvgIpc) is 2.28. The van der Waals surface area contributed by atoms with E-state index in [9.17, 15) is 19.0 Å². The monoisotopic (exact) mass is 374 g/mol. The van der Waals surface area contributed by atoms with Crippen molar-refractivity contribution in [1.82, 2.24) is 0 Å². The Bertz CT molecular complexity index is 345. The third-order valence-electron chi connectivity index (χ3n) is 1.63. The van der Waals surface area contributed by atoms with Crippen LogP contribution in [0.1, 0.15) is 14.9 Å². The predicted molar refractivity (Wildman–Crippen MR) is 70.9 cm³/mol. The zero-order valence-corrected chi connectivity index (χ0v) is 11.5. The molecule has 2 nitrogen and oxygen atoms in total. The van der Waals surface area contributed by atoms with Crippen LogP contribution in [0.4, 0.5) is 8.78 Å². The molecule has 102 valence electrons. The Morgan fingerprint density at radius 2 is 0.789 bits per heavy atom. The van der Waals surface area contributed by atoms with E-state index in [1.165, 1.54) is 24.3 Å². The SMILES string of the molecule is C.C.[O-]c1ccc(F)cc1.[O-]c1ccc(F)cc1.[Sn+2]. The largest absolute Gasteiger partial charge is 2.00 e. The number of rotatable bonds is 0. The molecule has 2 aromatic rings. The van der Waals surface area contributed by atoms with Gasteiger partial charge in [-0.25, -0.2) is 8.78 Å². The van der Waals surface area contributed by atoms with Gasteiger partial charge in [0, 0.05) is 0 Å². The van der Waals surface area contributed by atoms with Crippen molar-refractivity contribution >= 4 is 23.9 Å². The summed E-state index contributed by atoms with van der Waals surface area (Å²) in [6.45, 7) is 0. The second-order valence-electron chi connectivity index (χ2n) is 2.91. The Balaban J connectivity index is -0.000000233. The molecule has 0 amide bonds. The maximum Gasteiger partial charge on any atom is 2.00 e. The molecule has 0 saturated heterocycles. The van der Waals surface area contributed by atoms with Gasteiger partial charge >= 0.3 is 23.9 Å². The van der Waals surface area contributed by atoms with Crippen LogP contribution in [-0.4, -0.2) is 23.9 Å². The van der Waals surface area contributed by atoms with Crippen molar-refractivity contribution in [2.75, 3.05) is 0 Å². The van der Waals surface area contributed by atoms with Crippen LogP contribution in [-0.2, 0) is 0 Å². The molecule has 0 aliphatic carbocycles. The topological polar surface area (TPSA) is 46.1 Å². The number of hydrogen-bond donors (Lipinski definition) is 0. The summed E-state index contributed by atoms with van der Waals surface area (Å²) in [6.07, 6.45) is 0. The van der Waals surface area contributed by atoms with Gasteiger partial charge in [-0.1, -0.05) is 39.1 Å². The van der Waals surface area contributed by atoms with Gasteiger partial charge < -0.3 is 10.2 Å². The predicted octanol–water partition coefficient (Wildman–Crippen LogP) is 2.69. The Labute approximate surface area is 129 Å². The fourth-order valence-corrected chi connectivity index (χ4v) is 0.869. The molecule has 2 rings (SSSR count). The standard InChI is InChI=1S/2C6H5FO.2CH4.Sn/c2*7-5-1-3-6(8)4-2-5;;;/h2*1-4,8H;2*1H4;/q;;;;+2/p-2. The minimum absolute atomic E-state index is 0. The normalized spacial score (nSPS) is 7.68. The van der Waals surface area contributed by atoms with Crippen LogP contribution in [0.25, 0.3) is 0 Å². The van der Waals surface area contributed by atoms with Gasteiger partial charge in [-0.05, 0) is 24.3 Å². The molecule has 0 bridgehead atoms. The van der Waals surface area contributed by atoms with E-state index in [0.717, 1.165) is 24.3 Å². The first-order valence-corrected chi connectivity index (χ1v) is 4.43. The molecule has 0 unspecified atom stereocenters. The molecule has 0 heterocycles. The zero-order chi connectivity index (χ0) is 12.0. The molecular weight excluding hydrogens is 357 g/mol. The smallest absolute Gasteiger partial charge is 0.872 e. The fourth-order valence-electron chi connectivity index (χ4n) is 0.869. The van der Waals surface area contributed by atoms with Crippen molar-refractivity contribution in [2.45, 2.75) is 14.9 Å². The van der Waals surface area contributed by atoms with Gasteiger partial charge in [0.2, 0.25) is 0 Å². The summed E-state index contributed by atoms with van der Waals surface area (Å²) in [7, 11) is 0. The van der Waals surface area contributed by atoms with Gasteiger partial charge in [0.25, 0.3) is 0 Å². The van der Waals surface area contributed by atoms with Crippen molar-refractivity contribution in [3.05, 3.63) is 60.2 Å². The Hall–Kier alpha value is -1.30. The second-order valence-corrected chi connectivity index (χ2v) is 2.91.